The standard InChI is InChI=1S/C11H8N4O2S/c12-9-6(5-13-17-9)10(16)15-11-14-7-3-1-2-4-8(7)18-11/h1-5H,12H2,(H,14,15,16). The third kappa shape index (κ3) is 1.80. The number of benzene rings is 1. The van der Waals surface area contributed by atoms with E-state index < -0.39 is 0 Å². The highest BCUT2D eigenvalue weighted by Crippen LogP contribution is 2.26. The average molecular weight is 260 g/mol. The number of aromatic nitrogens is 2. The summed E-state index contributed by atoms with van der Waals surface area (Å²) in [6, 6.07) is 7.64. The molecule has 0 aliphatic carbocycles. The molecule has 0 saturated heterocycles. The Labute approximate surface area is 105 Å². The van der Waals surface area contributed by atoms with E-state index in [2.05, 4.69) is 20.0 Å². The number of carbonyl (C=O) groups excluding carboxylic acids is 1. The van der Waals surface area contributed by atoms with E-state index in [4.69, 9.17) is 5.73 Å². The Kier molecular flexibility index (Phi) is 2.45. The Bertz CT molecular complexity index is 685. The van der Waals surface area contributed by atoms with E-state index in [1.807, 2.05) is 24.3 Å². The molecule has 0 aliphatic heterocycles. The van der Waals surface area contributed by atoms with E-state index in [9.17, 15) is 4.79 Å². The van der Waals surface area contributed by atoms with Crippen molar-refractivity contribution < 1.29 is 9.32 Å². The van der Waals surface area contributed by atoms with Crippen molar-refractivity contribution in [2.75, 3.05) is 11.1 Å². The second kappa shape index (κ2) is 4.11. The van der Waals surface area contributed by atoms with Crippen LogP contribution in [0.2, 0.25) is 0 Å². The summed E-state index contributed by atoms with van der Waals surface area (Å²) in [6.07, 6.45) is 1.28. The highest BCUT2D eigenvalue weighted by Gasteiger charge is 2.15. The SMILES string of the molecule is Nc1oncc1C(=O)Nc1nc2ccccc2s1. The molecule has 0 saturated carbocycles. The zero-order valence-electron chi connectivity index (χ0n) is 9.08. The summed E-state index contributed by atoms with van der Waals surface area (Å²) in [5, 5.41) is 6.63. The molecule has 90 valence electrons. The second-order valence-electron chi connectivity index (χ2n) is 3.54. The molecule has 1 aromatic carbocycles. The van der Waals surface area contributed by atoms with Crippen LogP contribution >= 0.6 is 11.3 Å². The molecule has 0 spiro atoms. The molecule has 18 heavy (non-hydrogen) atoms. The zero-order chi connectivity index (χ0) is 12.5. The maximum Gasteiger partial charge on any atom is 0.264 e. The first kappa shape index (κ1) is 10.7. The topological polar surface area (TPSA) is 94.0 Å². The van der Waals surface area contributed by atoms with Crippen LogP contribution in [0.4, 0.5) is 11.0 Å². The van der Waals surface area contributed by atoms with Crippen LogP contribution in [0, 0.1) is 0 Å². The van der Waals surface area contributed by atoms with E-state index in [-0.39, 0.29) is 17.4 Å². The van der Waals surface area contributed by atoms with Crippen LogP contribution in [-0.2, 0) is 0 Å². The van der Waals surface area contributed by atoms with Gasteiger partial charge in [-0.1, -0.05) is 28.6 Å². The van der Waals surface area contributed by atoms with Gasteiger partial charge in [0, 0.05) is 0 Å². The van der Waals surface area contributed by atoms with Crippen molar-refractivity contribution in [1.82, 2.24) is 10.1 Å². The molecule has 3 N–H and O–H groups in total. The van der Waals surface area contributed by atoms with Crippen LogP contribution in [0.25, 0.3) is 10.2 Å². The fourth-order valence-electron chi connectivity index (χ4n) is 1.51. The van der Waals surface area contributed by atoms with Gasteiger partial charge in [-0.25, -0.2) is 4.98 Å². The molecule has 1 amide bonds. The van der Waals surface area contributed by atoms with Gasteiger partial charge in [0.05, 0.1) is 16.4 Å². The number of carbonyl (C=O) groups is 1. The lowest BCUT2D eigenvalue weighted by molar-refractivity contribution is 0.102. The van der Waals surface area contributed by atoms with Gasteiger partial charge < -0.3 is 10.3 Å². The smallest absolute Gasteiger partial charge is 0.264 e. The number of nitrogens with zero attached hydrogens (tertiary/aromatic N) is 2. The fourth-order valence-corrected chi connectivity index (χ4v) is 2.37. The number of nitrogen functional groups attached to an aromatic ring is 1. The summed E-state index contributed by atoms with van der Waals surface area (Å²) in [5.41, 5.74) is 6.51. The predicted molar refractivity (Wildman–Crippen MR) is 68.5 cm³/mol. The van der Waals surface area contributed by atoms with Crippen LogP contribution < -0.4 is 11.1 Å². The minimum Gasteiger partial charge on any atom is -0.367 e. The van der Waals surface area contributed by atoms with Crippen molar-refractivity contribution in [3.05, 3.63) is 36.0 Å². The molecule has 0 bridgehead atoms. The second-order valence-corrected chi connectivity index (χ2v) is 4.58. The van der Waals surface area contributed by atoms with Gasteiger partial charge in [0.15, 0.2) is 5.13 Å². The molecule has 0 atom stereocenters. The fraction of sp³-hybridized carbons (Fsp3) is 0. The number of anilines is 2. The Morgan fingerprint density at radius 2 is 2.22 bits per heavy atom. The van der Waals surface area contributed by atoms with Gasteiger partial charge >= 0.3 is 0 Å². The average Bonchev–Trinajstić information content (AvgIpc) is 2.94. The first-order valence-corrected chi connectivity index (χ1v) is 5.93. The van der Waals surface area contributed by atoms with Gasteiger partial charge in [-0.15, -0.1) is 0 Å². The Morgan fingerprint density at radius 1 is 1.39 bits per heavy atom. The van der Waals surface area contributed by atoms with Gasteiger partial charge in [-0.2, -0.15) is 0 Å². The summed E-state index contributed by atoms with van der Waals surface area (Å²) in [6.45, 7) is 0. The van der Waals surface area contributed by atoms with Crippen molar-refractivity contribution in [1.29, 1.82) is 0 Å². The van der Waals surface area contributed by atoms with Crippen molar-refractivity contribution in [3.63, 3.8) is 0 Å². The van der Waals surface area contributed by atoms with E-state index >= 15 is 0 Å². The molecule has 2 heterocycles. The molecule has 7 heteroatoms. The minimum atomic E-state index is -0.382. The monoisotopic (exact) mass is 260 g/mol. The van der Waals surface area contributed by atoms with E-state index in [0.717, 1.165) is 10.2 Å². The van der Waals surface area contributed by atoms with Crippen molar-refractivity contribution in [2.24, 2.45) is 0 Å². The lowest BCUT2D eigenvalue weighted by Gasteiger charge is -1.97. The summed E-state index contributed by atoms with van der Waals surface area (Å²) in [7, 11) is 0. The number of fused-ring (bicyclic) bond motifs is 1. The van der Waals surface area contributed by atoms with Crippen molar-refractivity contribution in [2.45, 2.75) is 0 Å². The maximum absolute atomic E-state index is 11.8. The molecule has 0 radical (unpaired) electrons. The van der Waals surface area contributed by atoms with Gasteiger partial charge in [0.25, 0.3) is 5.91 Å². The van der Waals surface area contributed by atoms with Crippen LogP contribution in [-0.4, -0.2) is 16.0 Å². The predicted octanol–water partition coefficient (Wildman–Crippen LogP) is 2.12. The van der Waals surface area contributed by atoms with E-state index in [0.29, 0.717) is 5.13 Å². The van der Waals surface area contributed by atoms with Gasteiger partial charge in [-0.3, -0.25) is 10.1 Å². The molecule has 2 aromatic heterocycles. The number of para-hydroxylation sites is 1. The number of nitrogens with two attached hydrogens (primary N) is 1. The number of amides is 1. The van der Waals surface area contributed by atoms with Gasteiger partial charge in [0.2, 0.25) is 5.88 Å². The third-order valence-corrected chi connectivity index (χ3v) is 3.31. The van der Waals surface area contributed by atoms with Crippen LogP contribution in [0.3, 0.4) is 0 Å². The minimum absolute atomic E-state index is 0.00592. The molecule has 6 nitrogen and oxygen atoms in total. The van der Waals surface area contributed by atoms with Crippen molar-refractivity contribution in [3.8, 4) is 0 Å². The van der Waals surface area contributed by atoms with E-state index in [1.165, 1.54) is 17.5 Å². The Hall–Kier alpha value is -2.41. The number of thiazole rings is 1. The normalized spacial score (nSPS) is 10.7. The lowest BCUT2D eigenvalue weighted by Crippen LogP contribution is -2.12. The van der Waals surface area contributed by atoms with Crippen LogP contribution in [0.15, 0.2) is 35.0 Å². The quantitative estimate of drug-likeness (QED) is 0.736. The highest BCUT2D eigenvalue weighted by molar-refractivity contribution is 7.22. The first-order valence-electron chi connectivity index (χ1n) is 5.11. The zero-order valence-corrected chi connectivity index (χ0v) is 9.90. The number of hydrogen-bond donors (Lipinski definition) is 2. The van der Waals surface area contributed by atoms with Crippen LogP contribution in [0.1, 0.15) is 10.4 Å². The van der Waals surface area contributed by atoms with Gasteiger partial charge in [-0.05, 0) is 12.1 Å². The molecular weight excluding hydrogens is 252 g/mol. The maximum atomic E-state index is 11.8. The Morgan fingerprint density at radius 3 is 2.94 bits per heavy atom. The molecule has 3 aromatic rings. The largest absolute Gasteiger partial charge is 0.367 e. The number of hydrogen-bond acceptors (Lipinski definition) is 6. The van der Waals surface area contributed by atoms with Gasteiger partial charge in [0.1, 0.15) is 5.56 Å². The highest BCUT2D eigenvalue weighted by atomic mass is 32.1. The summed E-state index contributed by atoms with van der Waals surface area (Å²) < 4.78 is 5.64. The molecule has 0 aliphatic rings. The van der Waals surface area contributed by atoms with Crippen molar-refractivity contribution >= 4 is 38.5 Å². The molecule has 0 unspecified atom stereocenters. The van der Waals surface area contributed by atoms with E-state index in [1.54, 1.807) is 0 Å². The molecule has 0 fully saturated rings. The molecule has 3 rings (SSSR count). The summed E-state index contributed by atoms with van der Waals surface area (Å²) in [4.78, 5) is 16.1. The lowest BCUT2D eigenvalue weighted by atomic mass is 10.3. The number of nitrogens with one attached hydrogen (secondary N) is 1. The number of rotatable bonds is 2. The Balaban J connectivity index is 1.88. The summed E-state index contributed by atoms with van der Waals surface area (Å²) in [5.74, 6) is -0.388. The third-order valence-electron chi connectivity index (χ3n) is 2.36. The first-order chi connectivity index (χ1) is 8.74. The van der Waals surface area contributed by atoms with Crippen LogP contribution in [0.5, 0.6) is 0 Å². The summed E-state index contributed by atoms with van der Waals surface area (Å²) >= 11 is 1.39. The molecular formula is C11H8N4O2S.